The number of nitrogens with zero attached hydrogens (tertiary/aromatic N) is 2. The molecule has 0 N–H and O–H groups in total. The molecule has 1 aromatic heterocycles. The van der Waals surface area contributed by atoms with Crippen molar-refractivity contribution < 1.29 is 14.3 Å². The highest BCUT2D eigenvalue weighted by atomic mass is 16.5. The van der Waals surface area contributed by atoms with Crippen molar-refractivity contribution in [2.45, 2.75) is 92.9 Å². The highest BCUT2D eigenvalue weighted by molar-refractivity contribution is 5.93. The number of ketones is 1. The predicted octanol–water partition coefficient (Wildman–Crippen LogP) is 6.56. The van der Waals surface area contributed by atoms with Crippen LogP contribution in [0, 0.1) is 23.2 Å². The number of amides is 1. The number of likely N-dealkylation sites (tertiary alicyclic amines) is 1. The lowest BCUT2D eigenvalue weighted by Gasteiger charge is -2.52. The van der Waals surface area contributed by atoms with Gasteiger partial charge in [0.15, 0.2) is 5.78 Å². The molecule has 33 heavy (non-hydrogen) atoms. The summed E-state index contributed by atoms with van der Waals surface area (Å²) >= 11 is 0. The van der Waals surface area contributed by atoms with Crippen LogP contribution in [0.15, 0.2) is 18.3 Å². The molecule has 2 saturated carbocycles. The van der Waals surface area contributed by atoms with Gasteiger partial charge in [0.1, 0.15) is 0 Å². The second kappa shape index (κ2) is 13.1. The molecule has 0 atom stereocenters. The van der Waals surface area contributed by atoms with Crippen molar-refractivity contribution in [1.82, 2.24) is 9.88 Å². The molecule has 2 aliphatic carbocycles. The van der Waals surface area contributed by atoms with Crippen LogP contribution in [-0.4, -0.2) is 41.3 Å². The van der Waals surface area contributed by atoms with Crippen molar-refractivity contribution in [2.24, 2.45) is 23.2 Å². The van der Waals surface area contributed by atoms with Gasteiger partial charge in [0.25, 0.3) is 0 Å². The van der Waals surface area contributed by atoms with Crippen LogP contribution in [0.25, 0.3) is 0 Å². The molecule has 0 aromatic carbocycles. The maximum Gasteiger partial charge on any atom is 0.219 e. The minimum absolute atomic E-state index is 0.0205. The Kier molecular flexibility index (Phi) is 10.9. The molecular weight excluding hydrogens is 412 g/mol. The molecule has 1 amide bonds. The smallest absolute Gasteiger partial charge is 0.219 e. The number of rotatable bonds is 6. The lowest BCUT2D eigenvalue weighted by Crippen LogP contribution is -2.48. The zero-order valence-electron chi connectivity index (χ0n) is 21.9. The van der Waals surface area contributed by atoms with E-state index in [2.05, 4.69) is 32.7 Å². The average Bonchev–Trinajstić information content (AvgIpc) is 3.52. The molecule has 186 valence electrons. The summed E-state index contributed by atoms with van der Waals surface area (Å²) in [5, 5.41) is 0. The minimum Gasteiger partial charge on any atom is -0.478 e. The number of carbonyl (C=O) groups excluding carboxylic acids is 2. The van der Waals surface area contributed by atoms with E-state index in [4.69, 9.17) is 4.74 Å². The van der Waals surface area contributed by atoms with Crippen LogP contribution >= 0.6 is 0 Å². The Balaban J connectivity index is 0.000000410. The van der Waals surface area contributed by atoms with E-state index in [0.717, 1.165) is 37.3 Å². The van der Waals surface area contributed by atoms with Gasteiger partial charge in [0.2, 0.25) is 11.8 Å². The molecule has 0 unspecified atom stereocenters. The van der Waals surface area contributed by atoms with Crippen LogP contribution in [0.2, 0.25) is 0 Å². The van der Waals surface area contributed by atoms with Crippen LogP contribution in [0.5, 0.6) is 5.88 Å². The third kappa shape index (κ3) is 10.3. The standard InChI is InChI=1S/C20H28N2O3.C4H8.C4H10/c1-15(23)18-5-6-19(21-14-18)25-11-3-4-17-12-20(13-17)7-9-22(10-8-20)16(2)24;1-4-2-3-4;1-4(2)3/h5-6,14,17H,3-4,7-13H2,1-2H3;4H,2-3H2,1H3;4H,1-3H3. The number of ether oxygens (including phenoxy) is 1. The number of pyridine rings is 1. The first-order valence-electron chi connectivity index (χ1n) is 13.0. The number of Topliss-reactive ketones (excluding diaryl/α,β-unsaturated/α-hetero) is 1. The number of hydrogen-bond donors (Lipinski definition) is 0. The quantitative estimate of drug-likeness (QED) is 0.358. The van der Waals surface area contributed by atoms with Gasteiger partial charge in [-0.25, -0.2) is 4.98 Å². The molecule has 4 rings (SSSR count). The average molecular weight is 459 g/mol. The predicted molar refractivity (Wildman–Crippen MR) is 135 cm³/mol. The van der Waals surface area contributed by atoms with Crippen molar-refractivity contribution in [3.8, 4) is 5.88 Å². The van der Waals surface area contributed by atoms with Crippen LogP contribution in [0.3, 0.4) is 0 Å². The Morgan fingerprint density at radius 2 is 1.70 bits per heavy atom. The van der Waals surface area contributed by atoms with E-state index in [1.165, 1.54) is 51.9 Å². The van der Waals surface area contributed by atoms with Crippen molar-refractivity contribution >= 4 is 11.7 Å². The lowest BCUT2D eigenvalue weighted by molar-refractivity contribution is -0.133. The van der Waals surface area contributed by atoms with Gasteiger partial charge in [0, 0.05) is 37.8 Å². The number of carbonyl (C=O) groups is 2. The number of hydrogen-bond acceptors (Lipinski definition) is 4. The molecular formula is C28H46N2O3. The maximum atomic E-state index is 11.4. The molecule has 1 spiro atoms. The van der Waals surface area contributed by atoms with Gasteiger partial charge >= 0.3 is 0 Å². The molecule has 3 aliphatic rings. The van der Waals surface area contributed by atoms with Crippen LogP contribution < -0.4 is 4.74 Å². The normalized spacial score (nSPS) is 19.1. The van der Waals surface area contributed by atoms with Gasteiger partial charge in [0.05, 0.1) is 6.61 Å². The van der Waals surface area contributed by atoms with E-state index >= 15 is 0 Å². The second-order valence-electron chi connectivity index (χ2n) is 11.1. The Bertz CT molecular complexity index is 721. The fourth-order valence-electron chi connectivity index (χ4n) is 4.46. The maximum absolute atomic E-state index is 11.4. The highest BCUT2D eigenvalue weighted by Gasteiger charge is 2.45. The van der Waals surface area contributed by atoms with E-state index in [0.29, 0.717) is 23.5 Å². The lowest BCUT2D eigenvalue weighted by atomic mass is 9.56. The van der Waals surface area contributed by atoms with Crippen molar-refractivity contribution in [1.29, 1.82) is 0 Å². The van der Waals surface area contributed by atoms with E-state index in [9.17, 15) is 9.59 Å². The van der Waals surface area contributed by atoms with Gasteiger partial charge in [-0.1, -0.05) is 40.5 Å². The zero-order valence-corrected chi connectivity index (χ0v) is 21.9. The largest absolute Gasteiger partial charge is 0.478 e. The monoisotopic (exact) mass is 458 g/mol. The highest BCUT2D eigenvalue weighted by Crippen LogP contribution is 2.53. The molecule has 5 nitrogen and oxygen atoms in total. The summed E-state index contributed by atoms with van der Waals surface area (Å²) in [6, 6.07) is 3.52. The van der Waals surface area contributed by atoms with E-state index < -0.39 is 0 Å². The minimum atomic E-state index is 0.0205. The van der Waals surface area contributed by atoms with Gasteiger partial charge in [-0.05, 0) is 74.7 Å². The summed E-state index contributed by atoms with van der Waals surface area (Å²) in [4.78, 5) is 28.8. The van der Waals surface area contributed by atoms with Crippen LogP contribution in [-0.2, 0) is 4.79 Å². The van der Waals surface area contributed by atoms with E-state index in [1.54, 1.807) is 25.3 Å². The molecule has 0 bridgehead atoms. The van der Waals surface area contributed by atoms with Crippen molar-refractivity contribution in [2.75, 3.05) is 19.7 Å². The summed E-state index contributed by atoms with van der Waals surface area (Å²) in [7, 11) is 0. The fourth-order valence-corrected chi connectivity index (χ4v) is 4.46. The van der Waals surface area contributed by atoms with E-state index in [1.807, 2.05) is 4.90 Å². The zero-order chi connectivity index (χ0) is 24.4. The van der Waals surface area contributed by atoms with Gasteiger partial charge in [-0.3, -0.25) is 9.59 Å². The number of aromatic nitrogens is 1. The third-order valence-corrected chi connectivity index (χ3v) is 6.73. The second-order valence-corrected chi connectivity index (χ2v) is 11.1. The SMILES string of the molecule is CC(=O)c1ccc(OCCCC2CC3(CCN(C(C)=O)CC3)C2)nc1.CC(C)C.CC1CC1. The van der Waals surface area contributed by atoms with Gasteiger partial charge in [-0.2, -0.15) is 0 Å². The first kappa shape index (κ1) is 27.3. The molecule has 1 aromatic rings. The van der Waals surface area contributed by atoms with Crippen molar-refractivity contribution in [3.63, 3.8) is 0 Å². The Morgan fingerprint density at radius 3 is 2.12 bits per heavy atom. The summed E-state index contributed by atoms with van der Waals surface area (Å²) in [6.07, 6.45) is 11.7. The molecule has 1 saturated heterocycles. The molecule has 2 heterocycles. The van der Waals surface area contributed by atoms with Crippen molar-refractivity contribution in [3.05, 3.63) is 23.9 Å². The fraction of sp³-hybridized carbons (Fsp3) is 0.750. The summed E-state index contributed by atoms with van der Waals surface area (Å²) in [6.45, 7) is 14.5. The Labute approximate surface area is 201 Å². The van der Waals surface area contributed by atoms with Crippen LogP contribution in [0.4, 0.5) is 0 Å². The first-order chi connectivity index (χ1) is 15.6. The summed E-state index contributed by atoms with van der Waals surface area (Å²) in [5.41, 5.74) is 1.13. The topological polar surface area (TPSA) is 59.5 Å². The summed E-state index contributed by atoms with van der Waals surface area (Å²) < 4.78 is 5.67. The van der Waals surface area contributed by atoms with Gasteiger partial charge < -0.3 is 9.64 Å². The molecule has 1 aliphatic heterocycles. The molecule has 5 heteroatoms. The first-order valence-corrected chi connectivity index (χ1v) is 13.0. The van der Waals surface area contributed by atoms with Crippen LogP contribution in [0.1, 0.15) is 103 Å². The Hall–Kier alpha value is -1.91. The molecule has 0 radical (unpaired) electrons. The number of piperidine rings is 1. The summed E-state index contributed by atoms with van der Waals surface area (Å²) in [5.74, 6) is 3.55. The van der Waals surface area contributed by atoms with Gasteiger partial charge in [-0.15, -0.1) is 0 Å². The Morgan fingerprint density at radius 1 is 1.12 bits per heavy atom. The third-order valence-electron chi connectivity index (χ3n) is 6.73. The molecule has 3 fully saturated rings. The van der Waals surface area contributed by atoms with E-state index in [-0.39, 0.29) is 11.7 Å².